The number of nitrogens with zero attached hydrogens (tertiary/aromatic N) is 2. The molecule has 6 heteroatoms. The smallest absolute Gasteiger partial charge is 0.379 e. The van der Waals surface area contributed by atoms with Crippen LogP contribution in [0.1, 0.15) is 23.1 Å². The van der Waals surface area contributed by atoms with Crippen molar-refractivity contribution in [3.05, 3.63) is 35.4 Å². The van der Waals surface area contributed by atoms with Crippen molar-refractivity contribution in [2.45, 2.75) is 13.8 Å². The second-order valence-corrected chi connectivity index (χ2v) is 3.58. The van der Waals surface area contributed by atoms with E-state index in [0.717, 1.165) is 0 Å². The van der Waals surface area contributed by atoms with Gasteiger partial charge in [-0.3, -0.25) is 0 Å². The Kier molecular flexibility index (Phi) is 3.36. The molecular weight excluding hydrogens is 239 g/mol. The molecule has 0 radical (unpaired) electrons. The molecule has 0 spiro atoms. The first kappa shape index (κ1) is 12.2. The Bertz CT molecular complexity index is 580. The standard InChI is InChI=1S/C12H11FN2O3/c1-3-17-12(16)10-14-11(18-15-10)8-6-4-5-7(2)9(8)13/h4-6H,3H2,1-2H3. The Labute approximate surface area is 103 Å². The van der Waals surface area contributed by atoms with Gasteiger partial charge in [0.05, 0.1) is 12.2 Å². The molecule has 0 atom stereocenters. The van der Waals surface area contributed by atoms with Gasteiger partial charge in [0.25, 0.3) is 11.7 Å². The number of aryl methyl sites for hydroxylation is 1. The van der Waals surface area contributed by atoms with E-state index in [9.17, 15) is 9.18 Å². The van der Waals surface area contributed by atoms with Crippen LogP contribution in [0.5, 0.6) is 0 Å². The lowest BCUT2D eigenvalue weighted by molar-refractivity contribution is 0.0508. The summed E-state index contributed by atoms with van der Waals surface area (Å²) in [6, 6.07) is 4.80. The highest BCUT2D eigenvalue weighted by Crippen LogP contribution is 2.23. The lowest BCUT2D eigenvalue weighted by Crippen LogP contribution is -2.06. The van der Waals surface area contributed by atoms with Gasteiger partial charge in [0.2, 0.25) is 0 Å². The minimum absolute atomic E-state index is 0.0424. The van der Waals surface area contributed by atoms with Crippen LogP contribution in [0.3, 0.4) is 0 Å². The summed E-state index contributed by atoms with van der Waals surface area (Å²) in [4.78, 5) is 15.1. The van der Waals surface area contributed by atoms with Gasteiger partial charge in [-0.2, -0.15) is 4.98 Å². The van der Waals surface area contributed by atoms with Gasteiger partial charge in [-0.15, -0.1) is 0 Å². The lowest BCUT2D eigenvalue weighted by Gasteiger charge is -1.99. The Morgan fingerprint density at radius 3 is 3.00 bits per heavy atom. The zero-order chi connectivity index (χ0) is 13.1. The summed E-state index contributed by atoms with van der Waals surface area (Å²) in [6.45, 7) is 3.50. The third kappa shape index (κ3) is 2.22. The highest BCUT2D eigenvalue weighted by molar-refractivity contribution is 5.85. The molecule has 0 unspecified atom stereocenters. The monoisotopic (exact) mass is 250 g/mol. The molecule has 18 heavy (non-hydrogen) atoms. The van der Waals surface area contributed by atoms with E-state index < -0.39 is 11.8 Å². The highest BCUT2D eigenvalue weighted by Gasteiger charge is 2.19. The molecule has 94 valence electrons. The van der Waals surface area contributed by atoms with E-state index in [1.165, 1.54) is 6.07 Å². The zero-order valence-electron chi connectivity index (χ0n) is 9.94. The molecule has 0 saturated carbocycles. The minimum Gasteiger partial charge on any atom is -0.460 e. The first-order valence-corrected chi connectivity index (χ1v) is 5.39. The van der Waals surface area contributed by atoms with Gasteiger partial charge < -0.3 is 9.26 Å². The number of carbonyl (C=O) groups excluding carboxylic acids is 1. The van der Waals surface area contributed by atoms with Gasteiger partial charge >= 0.3 is 5.97 Å². The molecule has 0 bridgehead atoms. The van der Waals surface area contributed by atoms with E-state index >= 15 is 0 Å². The number of rotatable bonds is 3. The molecule has 0 N–H and O–H groups in total. The average Bonchev–Trinajstić information content (AvgIpc) is 2.82. The van der Waals surface area contributed by atoms with Crippen LogP contribution in [-0.2, 0) is 4.74 Å². The van der Waals surface area contributed by atoms with Crippen molar-refractivity contribution in [3.63, 3.8) is 0 Å². The molecule has 0 fully saturated rings. The topological polar surface area (TPSA) is 65.2 Å². The molecule has 0 aliphatic heterocycles. The molecule has 0 amide bonds. The summed E-state index contributed by atoms with van der Waals surface area (Å²) in [5.41, 5.74) is 0.626. The summed E-state index contributed by atoms with van der Waals surface area (Å²) in [6.07, 6.45) is 0. The molecule has 2 rings (SSSR count). The number of aromatic nitrogens is 2. The first-order chi connectivity index (χ1) is 8.63. The highest BCUT2D eigenvalue weighted by atomic mass is 19.1. The molecule has 0 saturated heterocycles. The predicted octanol–water partition coefficient (Wildman–Crippen LogP) is 2.36. The van der Waals surface area contributed by atoms with Crippen molar-refractivity contribution < 1.29 is 18.4 Å². The zero-order valence-corrected chi connectivity index (χ0v) is 9.94. The SMILES string of the molecule is CCOC(=O)c1noc(-c2cccc(C)c2F)n1. The van der Waals surface area contributed by atoms with Gasteiger partial charge in [0.1, 0.15) is 5.82 Å². The summed E-state index contributed by atoms with van der Waals surface area (Å²) >= 11 is 0. The van der Waals surface area contributed by atoms with Gasteiger partial charge in [-0.05, 0) is 30.6 Å². The molecule has 1 aromatic carbocycles. The number of carbonyl (C=O) groups is 1. The number of halogens is 1. The Morgan fingerprint density at radius 2 is 2.28 bits per heavy atom. The van der Waals surface area contributed by atoms with Crippen molar-refractivity contribution in [1.29, 1.82) is 0 Å². The Morgan fingerprint density at radius 1 is 1.50 bits per heavy atom. The molecule has 1 aromatic heterocycles. The normalized spacial score (nSPS) is 10.4. The summed E-state index contributed by atoms with van der Waals surface area (Å²) in [7, 11) is 0. The molecule has 1 heterocycles. The summed E-state index contributed by atoms with van der Waals surface area (Å²) in [5.74, 6) is -1.40. The van der Waals surface area contributed by atoms with Gasteiger partial charge in [0.15, 0.2) is 0 Å². The van der Waals surface area contributed by atoms with Crippen LogP contribution >= 0.6 is 0 Å². The predicted molar refractivity (Wildman–Crippen MR) is 60.4 cm³/mol. The van der Waals surface area contributed by atoms with Crippen LogP contribution < -0.4 is 0 Å². The van der Waals surface area contributed by atoms with Gasteiger partial charge in [-0.25, -0.2) is 9.18 Å². The van der Waals surface area contributed by atoms with E-state index in [1.54, 1.807) is 26.0 Å². The number of ether oxygens (including phenoxy) is 1. The maximum absolute atomic E-state index is 13.8. The number of esters is 1. The van der Waals surface area contributed by atoms with E-state index in [1.807, 2.05) is 0 Å². The largest absolute Gasteiger partial charge is 0.460 e. The molecule has 0 aliphatic rings. The van der Waals surface area contributed by atoms with E-state index in [0.29, 0.717) is 5.56 Å². The average molecular weight is 250 g/mol. The fourth-order valence-corrected chi connectivity index (χ4v) is 1.42. The van der Waals surface area contributed by atoms with Gasteiger partial charge in [0, 0.05) is 0 Å². The lowest BCUT2D eigenvalue weighted by atomic mass is 10.1. The molecule has 2 aromatic rings. The summed E-state index contributed by atoms with van der Waals surface area (Å²) < 4.78 is 23.4. The third-order valence-corrected chi connectivity index (χ3v) is 2.31. The van der Waals surface area contributed by atoms with Gasteiger partial charge in [-0.1, -0.05) is 12.1 Å². The molecular formula is C12H11FN2O3. The maximum Gasteiger partial charge on any atom is 0.379 e. The van der Waals surface area contributed by atoms with Crippen molar-refractivity contribution in [3.8, 4) is 11.5 Å². The van der Waals surface area contributed by atoms with E-state index in [2.05, 4.69) is 10.1 Å². The Balaban J connectivity index is 2.35. The van der Waals surface area contributed by atoms with Crippen molar-refractivity contribution >= 4 is 5.97 Å². The second kappa shape index (κ2) is 4.95. The van der Waals surface area contributed by atoms with Crippen LogP contribution in [0.2, 0.25) is 0 Å². The van der Waals surface area contributed by atoms with E-state index in [4.69, 9.17) is 9.26 Å². The number of benzene rings is 1. The minimum atomic E-state index is -0.694. The molecule has 0 aliphatic carbocycles. The van der Waals surface area contributed by atoms with Crippen LogP contribution in [-0.4, -0.2) is 22.7 Å². The maximum atomic E-state index is 13.8. The van der Waals surface area contributed by atoms with E-state index in [-0.39, 0.29) is 23.9 Å². The van der Waals surface area contributed by atoms with Crippen LogP contribution in [0.15, 0.2) is 22.7 Å². The number of hydrogen-bond donors (Lipinski definition) is 0. The molecule has 5 nitrogen and oxygen atoms in total. The first-order valence-electron chi connectivity index (χ1n) is 5.39. The second-order valence-electron chi connectivity index (χ2n) is 3.58. The van der Waals surface area contributed by atoms with Crippen molar-refractivity contribution in [2.24, 2.45) is 0 Å². The quantitative estimate of drug-likeness (QED) is 0.782. The van der Waals surface area contributed by atoms with Crippen molar-refractivity contribution in [1.82, 2.24) is 10.1 Å². The van der Waals surface area contributed by atoms with Crippen molar-refractivity contribution in [2.75, 3.05) is 6.61 Å². The van der Waals surface area contributed by atoms with Crippen LogP contribution in [0.4, 0.5) is 4.39 Å². The number of hydrogen-bond acceptors (Lipinski definition) is 5. The fraction of sp³-hybridized carbons (Fsp3) is 0.250. The fourth-order valence-electron chi connectivity index (χ4n) is 1.42. The van der Waals surface area contributed by atoms with Crippen LogP contribution in [0.25, 0.3) is 11.5 Å². The Hall–Kier alpha value is -2.24. The summed E-state index contributed by atoms with van der Waals surface area (Å²) in [5, 5.41) is 3.45. The van der Waals surface area contributed by atoms with Crippen LogP contribution in [0, 0.1) is 12.7 Å². The third-order valence-electron chi connectivity index (χ3n) is 2.31.